The van der Waals surface area contributed by atoms with Crippen LogP contribution in [0.1, 0.15) is 45.7 Å². The van der Waals surface area contributed by atoms with Crippen molar-refractivity contribution < 1.29 is 19.1 Å². The van der Waals surface area contributed by atoms with Crippen molar-refractivity contribution in [3.63, 3.8) is 0 Å². The van der Waals surface area contributed by atoms with Gasteiger partial charge in [-0.1, -0.05) is 23.7 Å². The van der Waals surface area contributed by atoms with Crippen LogP contribution in [0, 0.1) is 6.92 Å². The monoisotopic (exact) mass is 475 g/mol. The Morgan fingerprint density at radius 2 is 1.71 bits per heavy atom. The van der Waals surface area contributed by atoms with Gasteiger partial charge in [0.2, 0.25) is 5.78 Å². The molecule has 1 aliphatic heterocycles. The van der Waals surface area contributed by atoms with Crippen LogP contribution in [-0.4, -0.2) is 31.3 Å². The van der Waals surface area contributed by atoms with E-state index in [2.05, 4.69) is 18.7 Å². The van der Waals surface area contributed by atoms with Gasteiger partial charge in [-0.2, -0.15) is 0 Å². The summed E-state index contributed by atoms with van der Waals surface area (Å²) in [6.45, 7) is 7.81. The Morgan fingerprint density at radius 1 is 1.03 bits per heavy atom. The highest BCUT2D eigenvalue weighted by Gasteiger charge is 2.30. The van der Waals surface area contributed by atoms with Crippen LogP contribution in [0.2, 0.25) is 5.02 Å². The number of allylic oxidation sites excluding steroid dienone is 1. The first-order chi connectivity index (χ1) is 16.4. The number of aryl methyl sites for hydroxylation is 1. The van der Waals surface area contributed by atoms with E-state index >= 15 is 0 Å². The molecule has 174 valence electrons. The normalized spacial score (nSPS) is 13.5. The van der Waals surface area contributed by atoms with Crippen molar-refractivity contribution in [1.82, 2.24) is 0 Å². The third kappa shape index (κ3) is 5.00. The van der Waals surface area contributed by atoms with Gasteiger partial charge in [-0.25, -0.2) is 0 Å². The van der Waals surface area contributed by atoms with Crippen LogP contribution >= 0.6 is 11.6 Å². The lowest BCUT2D eigenvalue weighted by Gasteiger charge is -2.20. The number of ether oxygens (including phenoxy) is 2. The maximum Gasteiger partial charge on any atom is 0.232 e. The van der Waals surface area contributed by atoms with Gasteiger partial charge in [0.15, 0.2) is 18.1 Å². The van der Waals surface area contributed by atoms with E-state index in [4.69, 9.17) is 21.1 Å². The summed E-state index contributed by atoms with van der Waals surface area (Å²) in [5.74, 6) is 0.842. The van der Waals surface area contributed by atoms with Crippen LogP contribution in [0.15, 0.2) is 66.4 Å². The minimum absolute atomic E-state index is 0.130. The van der Waals surface area contributed by atoms with Crippen molar-refractivity contribution >= 4 is 34.9 Å². The number of halogens is 1. The topological polar surface area (TPSA) is 55.8 Å². The summed E-state index contributed by atoms with van der Waals surface area (Å²) in [6.07, 6.45) is 1.75. The van der Waals surface area contributed by atoms with Crippen LogP contribution in [-0.2, 0) is 0 Å². The number of carbonyl (C=O) groups excluding carboxylic acids is 2. The number of nitrogens with zero attached hydrogens (tertiary/aromatic N) is 1. The second kappa shape index (κ2) is 10.1. The Balaban J connectivity index is 1.48. The molecule has 6 heteroatoms. The Bertz CT molecular complexity index is 1240. The molecule has 1 heterocycles. The molecule has 0 atom stereocenters. The number of hydrogen-bond acceptors (Lipinski definition) is 5. The number of rotatable bonds is 8. The van der Waals surface area contributed by atoms with Crippen molar-refractivity contribution in [2.24, 2.45) is 0 Å². The Morgan fingerprint density at radius 3 is 2.35 bits per heavy atom. The van der Waals surface area contributed by atoms with E-state index in [1.807, 2.05) is 31.2 Å². The molecule has 0 spiro atoms. The van der Waals surface area contributed by atoms with E-state index in [1.54, 1.807) is 42.5 Å². The number of anilines is 1. The fourth-order valence-corrected chi connectivity index (χ4v) is 4.08. The summed E-state index contributed by atoms with van der Waals surface area (Å²) >= 11 is 5.88. The van der Waals surface area contributed by atoms with Crippen LogP contribution in [0.5, 0.6) is 11.5 Å². The van der Waals surface area contributed by atoms with Crippen molar-refractivity contribution in [3.8, 4) is 11.5 Å². The highest BCUT2D eigenvalue weighted by atomic mass is 35.5. The van der Waals surface area contributed by atoms with E-state index < -0.39 is 0 Å². The maximum absolute atomic E-state index is 13.0. The first-order valence-corrected chi connectivity index (χ1v) is 11.6. The van der Waals surface area contributed by atoms with E-state index in [0.717, 1.165) is 29.9 Å². The fraction of sp³-hybridized carbons (Fsp3) is 0.214. The molecule has 0 saturated carbocycles. The number of hydrogen-bond donors (Lipinski definition) is 0. The molecule has 0 fully saturated rings. The third-order valence-electron chi connectivity index (χ3n) is 5.80. The quantitative estimate of drug-likeness (QED) is 0.280. The van der Waals surface area contributed by atoms with Crippen molar-refractivity contribution in [3.05, 3.63) is 93.7 Å². The molecule has 34 heavy (non-hydrogen) atoms. The Kier molecular flexibility index (Phi) is 7.03. The zero-order chi connectivity index (χ0) is 24.2. The number of Topliss-reactive ketones (excluding diaryl/α,β-unsaturated/α-hetero) is 2. The van der Waals surface area contributed by atoms with Crippen LogP contribution in [0.4, 0.5) is 5.69 Å². The maximum atomic E-state index is 13.0. The molecule has 0 N–H and O–H groups in total. The van der Waals surface area contributed by atoms with E-state index in [-0.39, 0.29) is 23.9 Å². The molecule has 0 bridgehead atoms. The van der Waals surface area contributed by atoms with E-state index in [9.17, 15) is 9.59 Å². The van der Waals surface area contributed by atoms with E-state index in [1.165, 1.54) is 0 Å². The van der Waals surface area contributed by atoms with Gasteiger partial charge < -0.3 is 14.4 Å². The third-order valence-corrected chi connectivity index (χ3v) is 6.05. The van der Waals surface area contributed by atoms with Crippen molar-refractivity contribution in [2.75, 3.05) is 24.6 Å². The molecular weight excluding hydrogens is 450 g/mol. The zero-order valence-corrected chi connectivity index (χ0v) is 20.2. The Hall–Kier alpha value is -3.57. The van der Waals surface area contributed by atoms with Gasteiger partial charge in [0.1, 0.15) is 11.5 Å². The predicted octanol–water partition coefficient (Wildman–Crippen LogP) is 6.37. The highest BCUT2D eigenvalue weighted by molar-refractivity contribution is 6.30. The number of benzene rings is 3. The second-order valence-electron chi connectivity index (χ2n) is 8.04. The highest BCUT2D eigenvalue weighted by Crippen LogP contribution is 2.37. The fourth-order valence-electron chi connectivity index (χ4n) is 3.95. The lowest BCUT2D eigenvalue weighted by atomic mass is 10.0. The summed E-state index contributed by atoms with van der Waals surface area (Å²) < 4.78 is 11.6. The number of carbonyl (C=O) groups is 2. The van der Waals surface area contributed by atoms with Crippen LogP contribution < -0.4 is 14.4 Å². The molecule has 5 nitrogen and oxygen atoms in total. The largest absolute Gasteiger partial charge is 0.485 e. The molecule has 3 aromatic rings. The van der Waals surface area contributed by atoms with E-state index in [0.29, 0.717) is 27.6 Å². The molecule has 0 aliphatic carbocycles. The molecule has 0 aromatic heterocycles. The number of ketones is 2. The lowest BCUT2D eigenvalue weighted by Crippen LogP contribution is -2.21. The molecule has 1 aliphatic rings. The molecule has 0 saturated heterocycles. The minimum Gasteiger partial charge on any atom is -0.485 e. The zero-order valence-electron chi connectivity index (χ0n) is 19.4. The molecular formula is C28H26ClNO4. The summed E-state index contributed by atoms with van der Waals surface area (Å²) in [7, 11) is 0. The molecule has 4 rings (SSSR count). The Labute approximate surface area is 204 Å². The summed E-state index contributed by atoms with van der Waals surface area (Å²) in [4.78, 5) is 27.6. The van der Waals surface area contributed by atoms with Gasteiger partial charge in [-0.05, 0) is 80.4 Å². The lowest BCUT2D eigenvalue weighted by molar-refractivity contribution is 0.0920. The van der Waals surface area contributed by atoms with Crippen LogP contribution in [0.3, 0.4) is 0 Å². The average Bonchev–Trinajstić information content (AvgIpc) is 3.15. The first kappa shape index (κ1) is 23.6. The van der Waals surface area contributed by atoms with Crippen molar-refractivity contribution in [1.29, 1.82) is 0 Å². The summed E-state index contributed by atoms with van der Waals surface area (Å²) in [6, 6.07) is 18.1. The van der Waals surface area contributed by atoms with Gasteiger partial charge in [0, 0.05) is 35.4 Å². The summed E-state index contributed by atoms with van der Waals surface area (Å²) in [5, 5.41) is 0.567. The van der Waals surface area contributed by atoms with Crippen LogP contribution in [0.25, 0.3) is 6.08 Å². The molecule has 3 aromatic carbocycles. The molecule has 0 amide bonds. The van der Waals surface area contributed by atoms with Gasteiger partial charge in [0.25, 0.3) is 0 Å². The van der Waals surface area contributed by atoms with Crippen molar-refractivity contribution in [2.45, 2.75) is 20.8 Å². The average molecular weight is 476 g/mol. The smallest absolute Gasteiger partial charge is 0.232 e. The summed E-state index contributed by atoms with van der Waals surface area (Å²) in [5.41, 5.74) is 3.79. The standard InChI is InChI=1S/C28H26ClNO4/c1-4-30(5-2)22-12-6-19(7-13-22)15-26-28(32)27-18(3)14-23(16-25(27)34-26)33-17-24(31)20-8-10-21(29)11-9-20/h6-16H,4-5,17H2,1-3H3/b26-15-. The van der Waals surface area contributed by atoms with Gasteiger partial charge in [0.05, 0.1) is 5.56 Å². The predicted molar refractivity (Wildman–Crippen MR) is 135 cm³/mol. The van der Waals surface area contributed by atoms with Gasteiger partial charge >= 0.3 is 0 Å². The van der Waals surface area contributed by atoms with Gasteiger partial charge in [-0.3, -0.25) is 9.59 Å². The molecule has 0 radical (unpaired) electrons. The van der Waals surface area contributed by atoms with Gasteiger partial charge in [-0.15, -0.1) is 0 Å². The molecule has 0 unspecified atom stereocenters. The SMILES string of the molecule is CCN(CC)c1ccc(/C=C2\Oc3cc(OCC(=O)c4ccc(Cl)cc4)cc(C)c3C2=O)cc1. The minimum atomic E-state index is -0.166. The number of fused-ring (bicyclic) bond motifs is 1. The second-order valence-corrected chi connectivity index (χ2v) is 8.47. The first-order valence-electron chi connectivity index (χ1n) is 11.2.